The lowest BCUT2D eigenvalue weighted by Gasteiger charge is -2.03. The summed E-state index contributed by atoms with van der Waals surface area (Å²) in [6.45, 7) is 6.38. The third-order valence-corrected chi connectivity index (χ3v) is 3.52. The van der Waals surface area contributed by atoms with Crippen molar-refractivity contribution in [1.29, 1.82) is 0 Å². The van der Waals surface area contributed by atoms with Gasteiger partial charge in [0, 0.05) is 12.1 Å². The molecule has 0 fully saturated rings. The fourth-order valence-corrected chi connectivity index (χ4v) is 2.12. The monoisotopic (exact) mass is 282 g/mol. The molecule has 0 aromatic heterocycles. The van der Waals surface area contributed by atoms with Gasteiger partial charge in [0.05, 0.1) is 0 Å². The molecule has 0 rings (SSSR count). The zero-order chi connectivity index (χ0) is 15.1. The van der Waals surface area contributed by atoms with Crippen molar-refractivity contribution in [3.8, 4) is 0 Å². The zero-order valence-corrected chi connectivity index (χ0v) is 13.8. The lowest BCUT2D eigenvalue weighted by atomic mass is 10.1. The molecule has 20 heavy (non-hydrogen) atoms. The van der Waals surface area contributed by atoms with Crippen LogP contribution in [0.5, 0.6) is 0 Å². The molecule has 1 amide bonds. The molecule has 0 radical (unpaired) electrons. The minimum atomic E-state index is 0.0619. The normalized spacial score (nSPS) is 11.7. The van der Waals surface area contributed by atoms with Gasteiger partial charge in [0.15, 0.2) is 0 Å². The standard InChI is InChI=1S/C17H34N2O/c1-4-6-8-9-10-11-12-13-15-17(20)19-18-16(3)14-7-5-2/h4-15H2,1-3H3,(H,19,20)/b18-16+. The van der Waals surface area contributed by atoms with Crippen LogP contribution in [-0.2, 0) is 4.79 Å². The van der Waals surface area contributed by atoms with Gasteiger partial charge in [-0.25, -0.2) is 5.43 Å². The minimum Gasteiger partial charge on any atom is -0.273 e. The van der Waals surface area contributed by atoms with Gasteiger partial charge in [-0.1, -0.05) is 65.2 Å². The maximum absolute atomic E-state index is 11.6. The van der Waals surface area contributed by atoms with E-state index in [-0.39, 0.29) is 5.91 Å². The van der Waals surface area contributed by atoms with E-state index in [0.717, 1.165) is 31.4 Å². The highest BCUT2D eigenvalue weighted by Gasteiger charge is 2.00. The molecule has 1 N–H and O–H groups in total. The number of carbonyl (C=O) groups excluding carboxylic acids is 1. The largest absolute Gasteiger partial charge is 0.273 e. The fourth-order valence-electron chi connectivity index (χ4n) is 2.12. The van der Waals surface area contributed by atoms with Gasteiger partial charge in [-0.2, -0.15) is 5.10 Å². The van der Waals surface area contributed by atoms with E-state index in [0.29, 0.717) is 6.42 Å². The van der Waals surface area contributed by atoms with Crippen LogP contribution in [0.2, 0.25) is 0 Å². The van der Waals surface area contributed by atoms with E-state index < -0.39 is 0 Å². The number of hydrogen-bond donors (Lipinski definition) is 1. The number of unbranched alkanes of at least 4 members (excludes halogenated alkanes) is 8. The molecule has 118 valence electrons. The first-order valence-electron chi connectivity index (χ1n) is 8.52. The van der Waals surface area contributed by atoms with Gasteiger partial charge in [0.2, 0.25) is 5.91 Å². The van der Waals surface area contributed by atoms with Gasteiger partial charge in [0.1, 0.15) is 0 Å². The fraction of sp³-hybridized carbons (Fsp3) is 0.882. The quantitative estimate of drug-likeness (QED) is 0.281. The molecule has 0 aliphatic heterocycles. The van der Waals surface area contributed by atoms with Gasteiger partial charge in [-0.05, 0) is 26.2 Å². The summed E-state index contributed by atoms with van der Waals surface area (Å²) in [6, 6.07) is 0. The van der Waals surface area contributed by atoms with E-state index in [4.69, 9.17) is 0 Å². The first-order valence-corrected chi connectivity index (χ1v) is 8.52. The minimum absolute atomic E-state index is 0.0619. The van der Waals surface area contributed by atoms with Crippen LogP contribution in [0.3, 0.4) is 0 Å². The third-order valence-electron chi connectivity index (χ3n) is 3.52. The third kappa shape index (κ3) is 13.6. The van der Waals surface area contributed by atoms with Crippen LogP contribution in [0, 0.1) is 0 Å². The van der Waals surface area contributed by atoms with Crippen molar-refractivity contribution in [3.05, 3.63) is 0 Å². The Hall–Kier alpha value is -0.860. The van der Waals surface area contributed by atoms with Crippen molar-refractivity contribution in [2.24, 2.45) is 5.10 Å². The molecule has 0 saturated carbocycles. The second kappa shape index (κ2) is 14.5. The maximum Gasteiger partial charge on any atom is 0.240 e. The zero-order valence-electron chi connectivity index (χ0n) is 13.8. The summed E-state index contributed by atoms with van der Waals surface area (Å²) in [5.74, 6) is 0.0619. The van der Waals surface area contributed by atoms with Gasteiger partial charge in [-0.3, -0.25) is 4.79 Å². The van der Waals surface area contributed by atoms with Crippen LogP contribution < -0.4 is 5.43 Å². The second-order valence-electron chi connectivity index (χ2n) is 5.71. The van der Waals surface area contributed by atoms with Gasteiger partial charge in [-0.15, -0.1) is 0 Å². The number of amides is 1. The Morgan fingerprint density at radius 2 is 1.35 bits per heavy atom. The number of hydrogen-bond acceptors (Lipinski definition) is 2. The first-order chi connectivity index (χ1) is 9.70. The van der Waals surface area contributed by atoms with E-state index in [1.165, 1.54) is 44.9 Å². The first kappa shape index (κ1) is 19.1. The molecule has 0 atom stereocenters. The Morgan fingerprint density at radius 1 is 0.800 bits per heavy atom. The summed E-state index contributed by atoms with van der Waals surface area (Å²) in [6.07, 6.45) is 14.0. The Morgan fingerprint density at radius 3 is 1.95 bits per heavy atom. The predicted molar refractivity (Wildman–Crippen MR) is 88.0 cm³/mol. The summed E-state index contributed by atoms with van der Waals surface area (Å²) in [5.41, 5.74) is 3.68. The molecule has 0 aromatic rings. The Labute approximate surface area is 125 Å². The van der Waals surface area contributed by atoms with Crippen LogP contribution >= 0.6 is 0 Å². The number of hydrazone groups is 1. The lowest BCUT2D eigenvalue weighted by Crippen LogP contribution is -2.18. The predicted octanol–water partition coefficient (Wildman–Crippen LogP) is 5.20. The van der Waals surface area contributed by atoms with E-state index >= 15 is 0 Å². The van der Waals surface area contributed by atoms with Crippen molar-refractivity contribution in [3.63, 3.8) is 0 Å². The molecule has 3 nitrogen and oxygen atoms in total. The highest BCUT2D eigenvalue weighted by molar-refractivity contribution is 5.84. The van der Waals surface area contributed by atoms with Crippen LogP contribution in [-0.4, -0.2) is 11.6 Å². The van der Waals surface area contributed by atoms with E-state index in [1.807, 2.05) is 6.92 Å². The van der Waals surface area contributed by atoms with Crippen LogP contribution in [0.15, 0.2) is 5.10 Å². The summed E-state index contributed by atoms with van der Waals surface area (Å²) in [5, 5.41) is 4.13. The molecule has 0 saturated heterocycles. The maximum atomic E-state index is 11.6. The number of carbonyl (C=O) groups is 1. The summed E-state index contributed by atoms with van der Waals surface area (Å²) < 4.78 is 0. The van der Waals surface area contributed by atoms with Crippen molar-refractivity contribution in [2.45, 2.75) is 97.8 Å². The Bertz CT molecular complexity index is 262. The molecular weight excluding hydrogens is 248 g/mol. The molecule has 0 bridgehead atoms. The van der Waals surface area contributed by atoms with Crippen molar-refractivity contribution < 1.29 is 4.79 Å². The molecule has 0 aromatic carbocycles. The van der Waals surface area contributed by atoms with Gasteiger partial charge >= 0.3 is 0 Å². The molecule has 0 aliphatic carbocycles. The smallest absolute Gasteiger partial charge is 0.240 e. The molecule has 0 aliphatic rings. The topological polar surface area (TPSA) is 41.5 Å². The van der Waals surface area contributed by atoms with E-state index in [9.17, 15) is 4.79 Å². The lowest BCUT2D eigenvalue weighted by molar-refractivity contribution is -0.121. The number of nitrogens with zero attached hydrogens (tertiary/aromatic N) is 1. The van der Waals surface area contributed by atoms with Gasteiger partial charge < -0.3 is 0 Å². The summed E-state index contributed by atoms with van der Waals surface area (Å²) >= 11 is 0. The molecule has 0 heterocycles. The molecule has 0 spiro atoms. The van der Waals surface area contributed by atoms with E-state index in [1.54, 1.807) is 0 Å². The number of nitrogens with one attached hydrogen (secondary N) is 1. The molecule has 0 unspecified atom stereocenters. The van der Waals surface area contributed by atoms with Crippen molar-refractivity contribution in [1.82, 2.24) is 5.43 Å². The second-order valence-corrected chi connectivity index (χ2v) is 5.71. The highest BCUT2D eigenvalue weighted by atomic mass is 16.2. The molecular formula is C17H34N2O. The van der Waals surface area contributed by atoms with Gasteiger partial charge in [0.25, 0.3) is 0 Å². The average Bonchev–Trinajstić information content (AvgIpc) is 2.45. The van der Waals surface area contributed by atoms with Crippen LogP contribution in [0.4, 0.5) is 0 Å². The highest BCUT2D eigenvalue weighted by Crippen LogP contribution is 2.09. The molecule has 3 heteroatoms. The van der Waals surface area contributed by atoms with E-state index in [2.05, 4.69) is 24.4 Å². The van der Waals surface area contributed by atoms with Crippen molar-refractivity contribution >= 4 is 11.6 Å². The van der Waals surface area contributed by atoms with Crippen LogP contribution in [0.25, 0.3) is 0 Å². The van der Waals surface area contributed by atoms with Crippen molar-refractivity contribution in [2.75, 3.05) is 0 Å². The Kier molecular flexibility index (Phi) is 13.9. The summed E-state index contributed by atoms with van der Waals surface area (Å²) in [4.78, 5) is 11.6. The van der Waals surface area contributed by atoms with Crippen LogP contribution in [0.1, 0.15) is 97.8 Å². The summed E-state index contributed by atoms with van der Waals surface area (Å²) in [7, 11) is 0. The number of rotatable bonds is 13. The Balaban J connectivity index is 3.40. The average molecular weight is 282 g/mol. The SMILES string of the molecule is CCCCCCCCCCC(=O)N/N=C(\C)CCCC.